The van der Waals surface area contributed by atoms with Crippen molar-refractivity contribution in [3.8, 4) is 0 Å². The third kappa shape index (κ3) is 8.38. The lowest BCUT2D eigenvalue weighted by atomic mass is 10.1. The Bertz CT molecular complexity index is 282. The van der Waals surface area contributed by atoms with Crippen LogP contribution in [0.1, 0.15) is 19.8 Å². The number of aliphatic hydroxyl groups excluding tert-OH is 1. The summed E-state index contributed by atoms with van der Waals surface area (Å²) in [5.74, 6) is -0.0879. The van der Waals surface area contributed by atoms with Crippen molar-refractivity contribution in [1.29, 1.82) is 0 Å². The van der Waals surface area contributed by atoms with E-state index in [1.165, 1.54) is 0 Å². The van der Waals surface area contributed by atoms with Crippen LogP contribution in [0, 0.1) is 5.92 Å². The van der Waals surface area contributed by atoms with E-state index in [0.29, 0.717) is 12.8 Å². The maximum atomic E-state index is 10.9. The van der Waals surface area contributed by atoms with Crippen molar-refractivity contribution in [2.24, 2.45) is 5.92 Å². The minimum atomic E-state index is -5.05. The minimum Gasteiger partial charge on any atom is -0.396 e. The lowest BCUT2D eigenvalue weighted by Gasteiger charge is -2.14. The Morgan fingerprint density at radius 1 is 1.25 bits per heavy atom. The molecule has 0 heterocycles. The molecule has 0 aliphatic heterocycles. The van der Waals surface area contributed by atoms with Crippen LogP contribution in [-0.4, -0.2) is 33.0 Å². The van der Waals surface area contributed by atoms with Gasteiger partial charge in [-0.25, -0.2) is 9.13 Å². The van der Waals surface area contributed by atoms with Gasteiger partial charge in [0.1, 0.15) is 0 Å². The molecule has 0 spiro atoms. The third-order valence-corrected chi connectivity index (χ3v) is 4.01. The van der Waals surface area contributed by atoms with Gasteiger partial charge in [-0.3, -0.25) is 4.52 Å². The van der Waals surface area contributed by atoms with Gasteiger partial charge in [0.2, 0.25) is 0 Å². The van der Waals surface area contributed by atoms with Crippen molar-refractivity contribution in [2.45, 2.75) is 19.8 Å². The van der Waals surface area contributed by atoms with Gasteiger partial charge < -0.3 is 19.8 Å². The summed E-state index contributed by atoms with van der Waals surface area (Å²) in [5.41, 5.74) is 0. The first-order valence-corrected chi connectivity index (χ1v) is 7.58. The monoisotopic (exact) mass is 278 g/mol. The molecular formula is C6H16O8P2. The fourth-order valence-corrected chi connectivity index (χ4v) is 2.52. The normalized spacial score (nSPS) is 18.1. The van der Waals surface area contributed by atoms with Gasteiger partial charge >= 0.3 is 15.6 Å². The molecule has 0 saturated carbocycles. The Morgan fingerprint density at radius 2 is 1.81 bits per heavy atom. The molecule has 2 atom stereocenters. The number of hydrogen-bond acceptors (Lipinski definition) is 5. The van der Waals surface area contributed by atoms with Crippen LogP contribution in [0.25, 0.3) is 0 Å². The summed E-state index contributed by atoms with van der Waals surface area (Å²) in [5, 5.41) is 8.80. The van der Waals surface area contributed by atoms with E-state index in [1.54, 1.807) is 0 Å². The van der Waals surface area contributed by atoms with E-state index in [4.69, 9.17) is 19.8 Å². The average molecular weight is 278 g/mol. The molecule has 0 aromatic rings. The van der Waals surface area contributed by atoms with Gasteiger partial charge in [0.05, 0.1) is 6.61 Å². The third-order valence-electron chi connectivity index (χ3n) is 1.83. The molecule has 0 rings (SSSR count). The van der Waals surface area contributed by atoms with Crippen LogP contribution < -0.4 is 0 Å². The SMILES string of the molecule is CCC(CO)CCOP(=O)(O)OP(=O)(O)O. The first-order valence-electron chi connectivity index (χ1n) is 4.55. The molecular weight excluding hydrogens is 262 g/mol. The van der Waals surface area contributed by atoms with Crippen LogP contribution in [0.4, 0.5) is 0 Å². The fraction of sp³-hybridized carbons (Fsp3) is 1.00. The Labute approximate surface area is 93.1 Å². The average Bonchev–Trinajstić information content (AvgIpc) is 2.08. The molecule has 0 aromatic carbocycles. The van der Waals surface area contributed by atoms with E-state index in [2.05, 4.69) is 8.83 Å². The Morgan fingerprint density at radius 3 is 2.19 bits per heavy atom. The largest absolute Gasteiger partial charge is 0.481 e. The topological polar surface area (TPSA) is 134 Å². The van der Waals surface area contributed by atoms with E-state index in [9.17, 15) is 9.13 Å². The van der Waals surface area contributed by atoms with Crippen LogP contribution in [0.3, 0.4) is 0 Å². The molecule has 16 heavy (non-hydrogen) atoms. The number of phosphoric ester groups is 1. The maximum absolute atomic E-state index is 10.9. The highest BCUT2D eigenvalue weighted by Crippen LogP contribution is 2.57. The van der Waals surface area contributed by atoms with E-state index in [-0.39, 0.29) is 19.1 Å². The predicted octanol–water partition coefficient (Wildman–Crippen LogP) is 0.621. The van der Waals surface area contributed by atoms with Crippen LogP contribution in [-0.2, 0) is 18.0 Å². The second kappa shape index (κ2) is 6.83. The van der Waals surface area contributed by atoms with Crippen molar-refractivity contribution in [2.75, 3.05) is 13.2 Å². The van der Waals surface area contributed by atoms with Crippen LogP contribution in [0.5, 0.6) is 0 Å². The Kier molecular flexibility index (Phi) is 6.93. The van der Waals surface area contributed by atoms with Crippen molar-refractivity contribution < 1.29 is 37.8 Å². The molecule has 0 bridgehead atoms. The van der Waals surface area contributed by atoms with Gasteiger partial charge in [-0.05, 0) is 12.3 Å². The highest BCUT2D eigenvalue weighted by molar-refractivity contribution is 7.60. The van der Waals surface area contributed by atoms with Crippen LogP contribution in [0.2, 0.25) is 0 Å². The molecule has 98 valence electrons. The molecule has 0 aliphatic carbocycles. The molecule has 0 fully saturated rings. The van der Waals surface area contributed by atoms with E-state index >= 15 is 0 Å². The van der Waals surface area contributed by atoms with E-state index in [1.807, 2.05) is 6.92 Å². The smallest absolute Gasteiger partial charge is 0.396 e. The molecule has 10 heteroatoms. The molecule has 0 radical (unpaired) electrons. The maximum Gasteiger partial charge on any atom is 0.481 e. The molecule has 0 amide bonds. The summed E-state index contributed by atoms with van der Waals surface area (Å²) in [4.78, 5) is 25.4. The number of rotatable bonds is 8. The summed E-state index contributed by atoms with van der Waals surface area (Å²) >= 11 is 0. The van der Waals surface area contributed by atoms with Crippen molar-refractivity contribution in [1.82, 2.24) is 0 Å². The van der Waals surface area contributed by atoms with Gasteiger partial charge in [-0.2, -0.15) is 4.31 Å². The van der Waals surface area contributed by atoms with Crippen LogP contribution in [0.15, 0.2) is 0 Å². The Hall–Kier alpha value is 0.220. The molecule has 2 unspecified atom stereocenters. The molecule has 0 aliphatic rings. The van der Waals surface area contributed by atoms with Gasteiger partial charge in [-0.1, -0.05) is 13.3 Å². The quantitative estimate of drug-likeness (QED) is 0.475. The predicted molar refractivity (Wildman–Crippen MR) is 54.4 cm³/mol. The van der Waals surface area contributed by atoms with E-state index < -0.39 is 15.6 Å². The summed E-state index contributed by atoms with van der Waals surface area (Å²) < 4.78 is 29.1. The van der Waals surface area contributed by atoms with Gasteiger partial charge in [0.15, 0.2) is 0 Å². The molecule has 0 saturated heterocycles. The summed E-state index contributed by atoms with van der Waals surface area (Å²) in [7, 11) is -9.79. The summed E-state index contributed by atoms with van der Waals surface area (Å²) in [6.45, 7) is 1.51. The standard InChI is InChI=1S/C6H16O8P2/c1-2-6(5-7)3-4-13-16(11,12)14-15(8,9)10/h6-7H,2-5H2,1H3,(H,11,12)(H2,8,9,10). The van der Waals surface area contributed by atoms with E-state index in [0.717, 1.165) is 0 Å². The number of phosphoric acid groups is 2. The lowest BCUT2D eigenvalue weighted by Crippen LogP contribution is -2.08. The zero-order valence-electron chi connectivity index (χ0n) is 8.72. The molecule has 4 N–H and O–H groups in total. The van der Waals surface area contributed by atoms with Gasteiger partial charge in [0.25, 0.3) is 0 Å². The number of hydrogen-bond donors (Lipinski definition) is 4. The number of aliphatic hydroxyl groups is 1. The highest BCUT2D eigenvalue weighted by Gasteiger charge is 2.32. The zero-order valence-corrected chi connectivity index (χ0v) is 10.5. The highest BCUT2D eigenvalue weighted by atomic mass is 31.3. The summed E-state index contributed by atoms with van der Waals surface area (Å²) in [6.07, 6.45) is 0.955. The molecule has 0 aromatic heterocycles. The van der Waals surface area contributed by atoms with Crippen molar-refractivity contribution in [3.05, 3.63) is 0 Å². The molecule has 8 nitrogen and oxygen atoms in total. The second-order valence-electron chi connectivity index (χ2n) is 3.12. The first-order chi connectivity index (χ1) is 7.20. The van der Waals surface area contributed by atoms with Crippen molar-refractivity contribution in [3.63, 3.8) is 0 Å². The second-order valence-corrected chi connectivity index (χ2v) is 5.95. The van der Waals surface area contributed by atoms with Gasteiger partial charge in [-0.15, -0.1) is 0 Å². The zero-order chi connectivity index (χ0) is 12.8. The fourth-order valence-electron chi connectivity index (χ4n) is 0.917. The van der Waals surface area contributed by atoms with Gasteiger partial charge in [0, 0.05) is 6.61 Å². The van der Waals surface area contributed by atoms with Crippen molar-refractivity contribution >= 4 is 15.6 Å². The minimum absolute atomic E-state index is 0.0879. The first kappa shape index (κ1) is 16.2. The Balaban J connectivity index is 4.00. The lowest BCUT2D eigenvalue weighted by molar-refractivity contribution is 0.150. The summed E-state index contributed by atoms with van der Waals surface area (Å²) in [6, 6.07) is 0. The van der Waals surface area contributed by atoms with Crippen LogP contribution >= 0.6 is 15.6 Å².